The van der Waals surface area contributed by atoms with Crippen LogP contribution in [0.5, 0.6) is 0 Å². The van der Waals surface area contributed by atoms with Gasteiger partial charge in [-0.3, -0.25) is 4.90 Å². The zero-order chi connectivity index (χ0) is 14.8. The van der Waals surface area contributed by atoms with Crippen LogP contribution in [0.2, 0.25) is 0 Å². The van der Waals surface area contributed by atoms with Crippen molar-refractivity contribution in [2.24, 2.45) is 13.0 Å². The van der Waals surface area contributed by atoms with Gasteiger partial charge in [-0.2, -0.15) is 0 Å². The van der Waals surface area contributed by atoms with E-state index in [1.165, 1.54) is 12.2 Å². The van der Waals surface area contributed by atoms with Gasteiger partial charge < -0.3 is 9.88 Å². The number of hydrogen-bond acceptors (Lipinski definition) is 3. The van der Waals surface area contributed by atoms with E-state index in [2.05, 4.69) is 54.5 Å². The Morgan fingerprint density at radius 2 is 2.20 bits per heavy atom. The lowest BCUT2D eigenvalue weighted by Gasteiger charge is -2.46. The quantitative estimate of drug-likeness (QED) is 0.895. The lowest BCUT2D eigenvalue weighted by molar-refractivity contribution is 0.0614. The van der Waals surface area contributed by atoms with Gasteiger partial charge in [-0.1, -0.05) is 13.8 Å². The van der Waals surface area contributed by atoms with E-state index in [0.717, 1.165) is 32.0 Å². The first-order chi connectivity index (χ1) is 9.38. The molecular formula is C16H30N4. The molecule has 1 aromatic heterocycles. The summed E-state index contributed by atoms with van der Waals surface area (Å²) in [7, 11) is 2.08. The number of rotatable bonds is 5. The first-order valence-electron chi connectivity index (χ1n) is 7.83. The average molecular weight is 278 g/mol. The van der Waals surface area contributed by atoms with Crippen molar-refractivity contribution in [2.75, 3.05) is 19.6 Å². The Hall–Kier alpha value is -0.870. The topological polar surface area (TPSA) is 33.1 Å². The van der Waals surface area contributed by atoms with Gasteiger partial charge in [0.2, 0.25) is 0 Å². The first-order valence-corrected chi connectivity index (χ1v) is 7.83. The summed E-state index contributed by atoms with van der Waals surface area (Å²) >= 11 is 0. The second-order valence-corrected chi connectivity index (χ2v) is 7.17. The molecule has 1 aromatic rings. The van der Waals surface area contributed by atoms with E-state index in [1.807, 2.05) is 12.4 Å². The highest BCUT2D eigenvalue weighted by Crippen LogP contribution is 2.21. The van der Waals surface area contributed by atoms with Crippen LogP contribution in [0, 0.1) is 5.92 Å². The Labute approximate surface area is 123 Å². The summed E-state index contributed by atoms with van der Waals surface area (Å²) in [6.07, 6.45) is 6.20. The maximum absolute atomic E-state index is 4.44. The molecule has 1 aliphatic heterocycles. The second-order valence-electron chi connectivity index (χ2n) is 7.17. The SMILES string of the molecule is CC(C)CC1CN(CCc2nccn2C)C(C)(C)CN1. The molecule has 1 aliphatic rings. The Bertz CT molecular complexity index is 422. The molecule has 1 unspecified atom stereocenters. The number of nitrogens with one attached hydrogen (secondary N) is 1. The predicted octanol–water partition coefficient (Wildman–Crippen LogP) is 2.06. The van der Waals surface area contributed by atoms with Crippen LogP contribution in [-0.4, -0.2) is 45.7 Å². The smallest absolute Gasteiger partial charge is 0.109 e. The molecule has 0 spiro atoms. The summed E-state index contributed by atoms with van der Waals surface area (Å²) in [4.78, 5) is 7.07. The molecule has 2 heterocycles. The Balaban J connectivity index is 1.94. The van der Waals surface area contributed by atoms with E-state index in [4.69, 9.17) is 0 Å². The molecule has 20 heavy (non-hydrogen) atoms. The van der Waals surface area contributed by atoms with Gasteiger partial charge in [-0.25, -0.2) is 4.98 Å². The Morgan fingerprint density at radius 3 is 2.80 bits per heavy atom. The summed E-state index contributed by atoms with van der Waals surface area (Å²) in [5.41, 5.74) is 0.235. The van der Waals surface area contributed by atoms with Gasteiger partial charge in [0.1, 0.15) is 5.82 Å². The normalized spacial score (nSPS) is 23.4. The van der Waals surface area contributed by atoms with Gasteiger partial charge in [0.05, 0.1) is 0 Å². The van der Waals surface area contributed by atoms with Crippen LogP contribution in [0.1, 0.15) is 39.9 Å². The van der Waals surface area contributed by atoms with Crippen molar-refractivity contribution in [3.05, 3.63) is 18.2 Å². The molecule has 4 nitrogen and oxygen atoms in total. The molecule has 0 radical (unpaired) electrons. The van der Waals surface area contributed by atoms with Gasteiger partial charge in [0, 0.05) is 57.1 Å². The molecule has 1 saturated heterocycles. The van der Waals surface area contributed by atoms with Crippen LogP contribution in [-0.2, 0) is 13.5 Å². The monoisotopic (exact) mass is 278 g/mol. The average Bonchev–Trinajstić information content (AvgIpc) is 2.75. The zero-order valence-corrected chi connectivity index (χ0v) is 13.7. The molecule has 4 heteroatoms. The summed E-state index contributed by atoms with van der Waals surface area (Å²) in [5.74, 6) is 1.94. The van der Waals surface area contributed by atoms with Gasteiger partial charge in [-0.05, 0) is 26.2 Å². The minimum Gasteiger partial charge on any atom is -0.338 e. The summed E-state index contributed by atoms with van der Waals surface area (Å²) in [5, 5.41) is 3.71. The van der Waals surface area contributed by atoms with Crippen LogP contribution in [0.15, 0.2) is 12.4 Å². The molecule has 114 valence electrons. The standard InChI is InChI=1S/C16H30N4/c1-13(2)10-14-11-20(16(3,4)12-18-14)8-6-15-17-7-9-19(15)5/h7,9,13-14,18H,6,8,10-12H2,1-5H3. The van der Waals surface area contributed by atoms with E-state index in [0.29, 0.717) is 6.04 Å². The van der Waals surface area contributed by atoms with Crippen LogP contribution >= 0.6 is 0 Å². The molecule has 1 N–H and O–H groups in total. The Morgan fingerprint density at radius 1 is 1.45 bits per heavy atom. The third-order valence-electron chi connectivity index (χ3n) is 4.40. The highest BCUT2D eigenvalue weighted by molar-refractivity contribution is 4.97. The molecule has 2 rings (SSSR count). The van der Waals surface area contributed by atoms with Crippen molar-refractivity contribution in [1.82, 2.24) is 19.8 Å². The van der Waals surface area contributed by atoms with Gasteiger partial charge in [0.15, 0.2) is 0 Å². The molecular weight excluding hydrogens is 248 g/mol. The minimum atomic E-state index is 0.235. The number of imidazole rings is 1. The minimum absolute atomic E-state index is 0.235. The van der Waals surface area contributed by atoms with Crippen LogP contribution in [0.3, 0.4) is 0 Å². The summed E-state index contributed by atoms with van der Waals surface area (Å²) < 4.78 is 2.13. The fraction of sp³-hybridized carbons (Fsp3) is 0.812. The number of aromatic nitrogens is 2. The van der Waals surface area contributed by atoms with Crippen molar-refractivity contribution in [2.45, 2.75) is 52.1 Å². The number of hydrogen-bond donors (Lipinski definition) is 1. The fourth-order valence-corrected chi connectivity index (χ4v) is 3.08. The molecule has 1 fully saturated rings. The van der Waals surface area contributed by atoms with E-state index in [-0.39, 0.29) is 5.54 Å². The molecule has 0 aromatic carbocycles. The van der Waals surface area contributed by atoms with Gasteiger partial charge >= 0.3 is 0 Å². The van der Waals surface area contributed by atoms with Crippen LogP contribution in [0.25, 0.3) is 0 Å². The number of nitrogens with zero attached hydrogens (tertiary/aromatic N) is 3. The van der Waals surface area contributed by atoms with E-state index >= 15 is 0 Å². The lowest BCUT2D eigenvalue weighted by atomic mass is 9.93. The van der Waals surface area contributed by atoms with Crippen molar-refractivity contribution >= 4 is 0 Å². The van der Waals surface area contributed by atoms with Crippen molar-refractivity contribution in [3.8, 4) is 0 Å². The highest BCUT2D eigenvalue weighted by Gasteiger charge is 2.33. The molecule has 0 saturated carbocycles. The molecule has 1 atom stereocenters. The largest absolute Gasteiger partial charge is 0.338 e. The Kier molecular flexibility index (Phi) is 4.86. The lowest BCUT2D eigenvalue weighted by Crippen LogP contribution is -2.62. The highest BCUT2D eigenvalue weighted by atomic mass is 15.3. The van der Waals surface area contributed by atoms with Gasteiger partial charge in [-0.15, -0.1) is 0 Å². The zero-order valence-electron chi connectivity index (χ0n) is 13.7. The third-order valence-corrected chi connectivity index (χ3v) is 4.40. The van der Waals surface area contributed by atoms with Crippen molar-refractivity contribution in [3.63, 3.8) is 0 Å². The summed E-state index contributed by atoms with van der Waals surface area (Å²) in [6, 6.07) is 0.629. The maximum atomic E-state index is 4.44. The fourth-order valence-electron chi connectivity index (χ4n) is 3.08. The second kappa shape index (κ2) is 6.27. The molecule has 0 aliphatic carbocycles. The number of piperazine rings is 1. The van der Waals surface area contributed by atoms with E-state index < -0.39 is 0 Å². The van der Waals surface area contributed by atoms with Crippen molar-refractivity contribution < 1.29 is 0 Å². The number of aryl methyl sites for hydroxylation is 1. The van der Waals surface area contributed by atoms with Gasteiger partial charge in [0.25, 0.3) is 0 Å². The van der Waals surface area contributed by atoms with E-state index in [9.17, 15) is 0 Å². The van der Waals surface area contributed by atoms with Crippen LogP contribution in [0.4, 0.5) is 0 Å². The summed E-state index contributed by atoms with van der Waals surface area (Å²) in [6.45, 7) is 12.6. The van der Waals surface area contributed by atoms with Crippen molar-refractivity contribution in [1.29, 1.82) is 0 Å². The van der Waals surface area contributed by atoms with Crippen LogP contribution < -0.4 is 5.32 Å². The first kappa shape index (κ1) is 15.5. The third kappa shape index (κ3) is 3.83. The predicted molar refractivity (Wildman–Crippen MR) is 83.8 cm³/mol. The van der Waals surface area contributed by atoms with E-state index in [1.54, 1.807) is 0 Å². The molecule has 0 bridgehead atoms. The maximum Gasteiger partial charge on any atom is 0.109 e. The molecule has 0 amide bonds.